The lowest BCUT2D eigenvalue weighted by molar-refractivity contribution is -0.0419. The van der Waals surface area contributed by atoms with Crippen molar-refractivity contribution in [3.8, 4) is 11.1 Å². The minimum Gasteiger partial charge on any atom is -0.455 e. The van der Waals surface area contributed by atoms with E-state index in [0.717, 1.165) is 28.6 Å². The fraction of sp³-hybridized carbons (Fsp3) is 0.186. The third-order valence-electron chi connectivity index (χ3n) is 16.1. The predicted molar refractivity (Wildman–Crippen MR) is 262 cm³/mol. The van der Waals surface area contributed by atoms with Gasteiger partial charge in [0.1, 0.15) is 11.2 Å². The van der Waals surface area contributed by atoms with Gasteiger partial charge in [0, 0.05) is 50.2 Å². The zero-order chi connectivity index (χ0) is 41.4. The van der Waals surface area contributed by atoms with Crippen LogP contribution in [-0.4, -0.2) is 6.71 Å². The molecule has 4 bridgehead atoms. The number of fused-ring (bicyclic) bond motifs is 9. The number of rotatable bonds is 2. The van der Waals surface area contributed by atoms with Crippen molar-refractivity contribution in [3.05, 3.63) is 199 Å². The average Bonchev–Trinajstić information content (AvgIpc) is 3.71. The first-order chi connectivity index (χ1) is 31.1. The van der Waals surface area contributed by atoms with Gasteiger partial charge in [-0.3, -0.25) is 0 Å². The third kappa shape index (κ3) is 4.93. The molecule has 8 aromatic carbocycles. The van der Waals surface area contributed by atoms with Crippen LogP contribution in [0.15, 0.2) is 186 Å². The number of hydrogen-bond acceptors (Lipinski definition) is 3. The summed E-state index contributed by atoms with van der Waals surface area (Å²) < 4.78 is 6.66. The summed E-state index contributed by atoms with van der Waals surface area (Å²) in [5.41, 5.74) is 20.8. The number of aryl methyl sites for hydroxylation is 1. The van der Waals surface area contributed by atoms with E-state index in [4.69, 9.17) is 4.42 Å². The molecule has 4 saturated carbocycles. The molecule has 7 aliphatic rings. The fourth-order valence-corrected chi connectivity index (χ4v) is 14.1. The van der Waals surface area contributed by atoms with Crippen LogP contribution in [0, 0.1) is 30.6 Å². The molecule has 1 spiro atoms. The SMILES string of the molecule is Cc1cccc(N2c3ccc(-c4cccc5c4oc4ccccc45)cc3B3c4cccc5c4N(c4ccccc4C54C5CC6CC(C5)CC4C6)c4cccc2c43)c1.c1ccccc1. The minimum absolute atomic E-state index is 0.0604. The van der Waals surface area contributed by atoms with Crippen molar-refractivity contribution in [2.45, 2.75) is 44.4 Å². The molecule has 0 unspecified atom stereocenters. The highest BCUT2D eigenvalue weighted by molar-refractivity contribution is 7.00. The van der Waals surface area contributed by atoms with Gasteiger partial charge in [0.15, 0.2) is 0 Å². The van der Waals surface area contributed by atoms with Crippen LogP contribution in [0.5, 0.6) is 0 Å². The van der Waals surface area contributed by atoms with Gasteiger partial charge < -0.3 is 14.2 Å². The molecule has 0 saturated heterocycles. The van der Waals surface area contributed by atoms with E-state index in [-0.39, 0.29) is 12.1 Å². The molecule has 1 aromatic heterocycles. The van der Waals surface area contributed by atoms with Crippen molar-refractivity contribution in [1.29, 1.82) is 0 Å². The van der Waals surface area contributed by atoms with E-state index in [1.165, 1.54) is 105 Å². The van der Waals surface area contributed by atoms with Gasteiger partial charge in [0.05, 0.1) is 5.69 Å². The number of nitrogens with zero attached hydrogens (tertiary/aromatic N) is 2. The van der Waals surface area contributed by atoms with Gasteiger partial charge >= 0.3 is 0 Å². The summed E-state index contributed by atoms with van der Waals surface area (Å²) >= 11 is 0. The van der Waals surface area contributed by atoms with Crippen LogP contribution in [-0.2, 0) is 5.41 Å². The van der Waals surface area contributed by atoms with E-state index >= 15 is 0 Å². The summed E-state index contributed by atoms with van der Waals surface area (Å²) in [6, 6.07) is 67.5. The Kier molecular flexibility index (Phi) is 7.59. The van der Waals surface area contributed by atoms with Crippen LogP contribution in [0.3, 0.4) is 0 Å². The maximum Gasteiger partial charge on any atom is 0.252 e. The van der Waals surface area contributed by atoms with Crippen molar-refractivity contribution < 1.29 is 4.42 Å². The van der Waals surface area contributed by atoms with Gasteiger partial charge in [-0.2, -0.15) is 0 Å². The Bertz CT molecular complexity index is 3260. The first-order valence-electron chi connectivity index (χ1n) is 23.2. The molecular formula is C59H47BN2O. The Morgan fingerprint density at radius 1 is 0.508 bits per heavy atom. The first-order valence-corrected chi connectivity index (χ1v) is 23.2. The molecule has 0 amide bonds. The number of hydrogen-bond donors (Lipinski definition) is 0. The topological polar surface area (TPSA) is 19.6 Å². The molecule has 16 rings (SSSR count). The lowest BCUT2D eigenvalue weighted by Crippen LogP contribution is -2.64. The number of anilines is 6. The quantitative estimate of drug-likeness (QED) is 0.162. The van der Waals surface area contributed by atoms with E-state index in [2.05, 4.69) is 162 Å². The van der Waals surface area contributed by atoms with Crippen molar-refractivity contribution in [1.82, 2.24) is 0 Å². The Hall–Kier alpha value is -6.78. The summed E-state index contributed by atoms with van der Waals surface area (Å²) in [6.07, 6.45) is 6.96. The second-order valence-corrected chi connectivity index (χ2v) is 19.3. The largest absolute Gasteiger partial charge is 0.455 e. The van der Waals surface area contributed by atoms with Crippen LogP contribution in [0.4, 0.5) is 34.1 Å². The maximum absolute atomic E-state index is 6.66. The number of para-hydroxylation sites is 4. The monoisotopic (exact) mass is 810 g/mol. The van der Waals surface area contributed by atoms with Gasteiger partial charge in [-0.05, 0) is 144 Å². The predicted octanol–water partition coefficient (Wildman–Crippen LogP) is 13.4. The maximum atomic E-state index is 6.66. The molecular weight excluding hydrogens is 763 g/mol. The summed E-state index contributed by atoms with van der Waals surface area (Å²) in [5.74, 6) is 3.20. The lowest BCUT2D eigenvalue weighted by Gasteiger charge is -2.64. The number of benzene rings is 8. The molecule has 3 aliphatic heterocycles. The summed E-state index contributed by atoms with van der Waals surface area (Å²) in [5, 5.41) is 2.33. The van der Waals surface area contributed by atoms with E-state index < -0.39 is 0 Å². The molecule has 9 aromatic rings. The fourth-order valence-electron chi connectivity index (χ4n) is 14.1. The van der Waals surface area contributed by atoms with E-state index in [1.807, 2.05) is 36.4 Å². The zero-order valence-electron chi connectivity index (χ0n) is 35.5. The van der Waals surface area contributed by atoms with Crippen molar-refractivity contribution >= 4 is 79.2 Å². The van der Waals surface area contributed by atoms with Crippen molar-refractivity contribution in [3.63, 3.8) is 0 Å². The second-order valence-electron chi connectivity index (χ2n) is 19.3. The van der Waals surface area contributed by atoms with Gasteiger partial charge in [-0.25, -0.2) is 0 Å². The molecule has 4 heteroatoms. The first kappa shape index (κ1) is 35.8. The molecule has 4 aliphatic carbocycles. The Morgan fingerprint density at radius 3 is 1.95 bits per heavy atom. The van der Waals surface area contributed by atoms with E-state index in [1.54, 1.807) is 11.1 Å². The standard InChI is InChI=1S/C53H41BN2O.C6H6/c1-31-10-6-11-37(24-31)55-46-23-22-34(38-13-7-14-40-39-12-2-5-21-49(39)57-52(38)40)30-44(46)54-43-17-8-16-42-51(43)56(48-20-9-19-47(55)50(48)54)45-18-4-3-15-41(45)53(42)35-26-32-25-33(28-35)29-36(53)27-32;1-2-4-6-5-3-1/h2-24,30,32-33,35-36H,25-29H2,1H3;1-6H. The van der Waals surface area contributed by atoms with E-state index in [0.29, 0.717) is 11.8 Å². The van der Waals surface area contributed by atoms with Crippen LogP contribution < -0.4 is 26.2 Å². The third-order valence-corrected chi connectivity index (χ3v) is 16.1. The van der Waals surface area contributed by atoms with Crippen LogP contribution in [0.25, 0.3) is 33.1 Å². The second kappa shape index (κ2) is 13.4. The summed E-state index contributed by atoms with van der Waals surface area (Å²) in [7, 11) is 0. The lowest BCUT2D eigenvalue weighted by atomic mass is 9.32. The normalized spacial score (nSPS) is 22.7. The number of furan rings is 1. The van der Waals surface area contributed by atoms with Gasteiger partial charge in [0.2, 0.25) is 0 Å². The summed E-state index contributed by atoms with van der Waals surface area (Å²) in [4.78, 5) is 5.23. The van der Waals surface area contributed by atoms with Gasteiger partial charge in [0.25, 0.3) is 6.71 Å². The Morgan fingerprint density at radius 2 is 1.16 bits per heavy atom. The van der Waals surface area contributed by atoms with Gasteiger partial charge in [-0.15, -0.1) is 0 Å². The highest BCUT2D eigenvalue weighted by atomic mass is 16.3. The average molecular weight is 811 g/mol. The van der Waals surface area contributed by atoms with E-state index in [9.17, 15) is 0 Å². The molecule has 0 radical (unpaired) electrons. The van der Waals surface area contributed by atoms with Crippen molar-refractivity contribution in [2.75, 3.05) is 9.80 Å². The van der Waals surface area contributed by atoms with Gasteiger partial charge in [-0.1, -0.05) is 140 Å². The van der Waals surface area contributed by atoms with Crippen molar-refractivity contribution in [2.24, 2.45) is 23.7 Å². The minimum atomic E-state index is 0.0604. The van der Waals surface area contributed by atoms with Crippen LogP contribution in [0.2, 0.25) is 0 Å². The van der Waals surface area contributed by atoms with Crippen LogP contribution >= 0.6 is 0 Å². The molecule has 0 atom stereocenters. The Labute approximate surface area is 369 Å². The molecule has 4 fully saturated rings. The molecule has 3 nitrogen and oxygen atoms in total. The highest BCUT2D eigenvalue weighted by Gasteiger charge is 2.62. The molecule has 4 heterocycles. The summed E-state index contributed by atoms with van der Waals surface area (Å²) in [6.45, 7) is 2.28. The smallest absolute Gasteiger partial charge is 0.252 e. The van der Waals surface area contributed by atoms with Crippen LogP contribution in [0.1, 0.15) is 48.8 Å². The highest BCUT2D eigenvalue weighted by Crippen LogP contribution is 2.69. The zero-order valence-corrected chi connectivity index (χ0v) is 35.5. The molecule has 302 valence electrons. The Balaban J connectivity index is 0.000000596. The molecule has 0 N–H and O–H groups in total. The molecule has 63 heavy (non-hydrogen) atoms.